The van der Waals surface area contributed by atoms with Crippen LogP contribution >= 0.6 is 0 Å². The molecule has 0 unspecified atom stereocenters. The highest BCUT2D eigenvalue weighted by molar-refractivity contribution is 6.10. The van der Waals surface area contributed by atoms with Crippen LogP contribution in [0.1, 0.15) is 87.0 Å². The topological polar surface area (TPSA) is 65.0 Å². The SMILES string of the molecule is Cc1ccc2c(n1)oc1c(N3C=CN(C)[C@@H]3C)c(C)ccc12.Cc1ccc2c(n1)oc1c(N3C=CN(c4c(C(C)C)cccc4C(C)C)[C@@H]3C)c(C)ccc12. The van der Waals surface area contributed by atoms with Gasteiger partial charge in [0.2, 0.25) is 11.4 Å². The van der Waals surface area contributed by atoms with Gasteiger partial charge in [-0.3, -0.25) is 0 Å². The van der Waals surface area contributed by atoms with Crippen LogP contribution in [-0.2, 0) is 0 Å². The van der Waals surface area contributed by atoms with Crippen LogP contribution in [0.2, 0.25) is 0 Å². The number of rotatable bonds is 5. The van der Waals surface area contributed by atoms with Crippen LogP contribution in [-0.4, -0.2) is 34.2 Å². The third kappa shape index (κ3) is 6.08. The van der Waals surface area contributed by atoms with Crippen LogP contribution in [0.3, 0.4) is 0 Å². The van der Waals surface area contributed by atoms with Gasteiger partial charge in [-0.2, -0.15) is 0 Å². The molecule has 0 N–H and O–H groups in total. The van der Waals surface area contributed by atoms with Crippen molar-refractivity contribution in [3.8, 4) is 0 Å². The lowest BCUT2D eigenvalue weighted by molar-refractivity contribution is 0.383. The summed E-state index contributed by atoms with van der Waals surface area (Å²) in [6, 6.07) is 23.7. The number of hydrogen-bond acceptors (Lipinski definition) is 8. The molecule has 2 aliphatic rings. The van der Waals surface area contributed by atoms with Crippen molar-refractivity contribution in [2.75, 3.05) is 21.7 Å². The average molecular weight is 733 g/mol. The van der Waals surface area contributed by atoms with E-state index in [1.54, 1.807) is 0 Å². The molecule has 9 rings (SSSR count). The number of pyridine rings is 2. The van der Waals surface area contributed by atoms with Gasteiger partial charge in [0, 0.05) is 70.5 Å². The first-order chi connectivity index (χ1) is 26.3. The van der Waals surface area contributed by atoms with E-state index in [2.05, 4.69) is 171 Å². The summed E-state index contributed by atoms with van der Waals surface area (Å²) in [6.07, 6.45) is 9.01. The lowest BCUT2D eigenvalue weighted by atomic mass is 9.92. The van der Waals surface area contributed by atoms with E-state index in [0.29, 0.717) is 23.3 Å². The van der Waals surface area contributed by atoms with Crippen molar-refractivity contribution < 1.29 is 8.83 Å². The number of nitrogens with zero attached hydrogens (tertiary/aromatic N) is 6. The molecule has 0 spiro atoms. The average Bonchev–Trinajstić information content (AvgIpc) is 3.90. The predicted octanol–water partition coefficient (Wildman–Crippen LogP) is 12.2. The van der Waals surface area contributed by atoms with Gasteiger partial charge in [0.15, 0.2) is 11.2 Å². The van der Waals surface area contributed by atoms with Gasteiger partial charge in [-0.05, 0) is 99.9 Å². The van der Waals surface area contributed by atoms with Gasteiger partial charge in [0.1, 0.15) is 12.3 Å². The Balaban J connectivity index is 0.000000168. The second-order valence-corrected chi connectivity index (χ2v) is 15.9. The Morgan fingerprint density at radius 2 is 0.927 bits per heavy atom. The molecule has 0 saturated carbocycles. The number of anilines is 3. The Morgan fingerprint density at radius 3 is 1.36 bits per heavy atom. The van der Waals surface area contributed by atoms with Gasteiger partial charge < -0.3 is 28.4 Å². The summed E-state index contributed by atoms with van der Waals surface area (Å²) in [7, 11) is 2.08. The first kappa shape index (κ1) is 36.2. The third-order valence-electron chi connectivity index (χ3n) is 11.4. The van der Waals surface area contributed by atoms with E-state index < -0.39 is 0 Å². The van der Waals surface area contributed by atoms with Crippen molar-refractivity contribution in [2.45, 2.75) is 93.4 Å². The van der Waals surface area contributed by atoms with Gasteiger partial charge in [0.25, 0.3) is 0 Å². The number of benzene rings is 3. The number of hydrogen-bond donors (Lipinski definition) is 0. The van der Waals surface area contributed by atoms with Crippen LogP contribution in [0.5, 0.6) is 0 Å². The number of para-hydroxylation sites is 1. The van der Waals surface area contributed by atoms with Gasteiger partial charge in [0.05, 0.1) is 11.4 Å². The van der Waals surface area contributed by atoms with E-state index in [1.807, 2.05) is 26.0 Å². The van der Waals surface area contributed by atoms with Crippen molar-refractivity contribution in [3.05, 3.63) is 125 Å². The summed E-state index contributed by atoms with van der Waals surface area (Å²) < 4.78 is 12.5. The fraction of sp³-hybridized carbons (Fsp3) is 0.319. The summed E-state index contributed by atoms with van der Waals surface area (Å²) in [5.41, 5.74) is 13.9. The molecule has 2 aliphatic heterocycles. The first-order valence-electron chi connectivity index (χ1n) is 19.5. The maximum absolute atomic E-state index is 6.37. The molecule has 0 saturated heterocycles. The fourth-order valence-corrected chi connectivity index (χ4v) is 8.18. The Bertz CT molecular complexity index is 2620. The van der Waals surface area contributed by atoms with Crippen molar-refractivity contribution in [1.29, 1.82) is 0 Å². The smallest absolute Gasteiger partial charge is 0.227 e. The Hall–Kier alpha value is -5.76. The van der Waals surface area contributed by atoms with Crippen LogP contribution in [0.15, 0.2) is 100 Å². The zero-order valence-electron chi connectivity index (χ0n) is 34.0. The molecular weight excluding hydrogens is 681 g/mol. The summed E-state index contributed by atoms with van der Waals surface area (Å²) in [4.78, 5) is 18.4. The molecule has 0 radical (unpaired) electrons. The minimum absolute atomic E-state index is 0.120. The molecule has 3 aromatic carbocycles. The Kier molecular flexibility index (Phi) is 9.11. The molecule has 7 aromatic rings. The highest BCUT2D eigenvalue weighted by atomic mass is 16.3. The highest BCUT2D eigenvalue weighted by Crippen LogP contribution is 2.44. The number of fused-ring (bicyclic) bond motifs is 6. The van der Waals surface area contributed by atoms with Crippen molar-refractivity contribution in [3.63, 3.8) is 0 Å². The summed E-state index contributed by atoms with van der Waals surface area (Å²) in [6.45, 7) is 21.8. The van der Waals surface area contributed by atoms with Gasteiger partial charge in [-0.15, -0.1) is 0 Å². The molecule has 0 fully saturated rings. The second-order valence-electron chi connectivity index (χ2n) is 15.9. The van der Waals surface area contributed by atoms with Gasteiger partial charge in [-0.25, -0.2) is 9.97 Å². The fourth-order valence-electron chi connectivity index (χ4n) is 8.18. The lowest BCUT2D eigenvalue weighted by Crippen LogP contribution is -2.37. The number of furan rings is 2. The number of aromatic nitrogens is 2. The molecule has 8 heteroatoms. The zero-order chi connectivity index (χ0) is 38.9. The maximum atomic E-state index is 6.37. The van der Waals surface area contributed by atoms with Crippen LogP contribution < -0.4 is 14.7 Å². The first-order valence-corrected chi connectivity index (χ1v) is 19.5. The minimum atomic E-state index is 0.120. The highest BCUT2D eigenvalue weighted by Gasteiger charge is 2.32. The van der Waals surface area contributed by atoms with Crippen LogP contribution in [0.25, 0.3) is 44.1 Å². The second kappa shape index (κ2) is 13.8. The molecule has 2 atom stereocenters. The summed E-state index contributed by atoms with van der Waals surface area (Å²) in [5.74, 6) is 0.895. The normalized spacial score (nSPS) is 17.0. The summed E-state index contributed by atoms with van der Waals surface area (Å²) in [5, 5.41) is 4.38. The van der Waals surface area contributed by atoms with Crippen LogP contribution in [0, 0.1) is 27.7 Å². The quantitative estimate of drug-likeness (QED) is 0.173. The van der Waals surface area contributed by atoms with E-state index in [-0.39, 0.29) is 12.3 Å². The zero-order valence-corrected chi connectivity index (χ0v) is 34.0. The monoisotopic (exact) mass is 732 g/mol. The molecule has 4 aromatic heterocycles. The van der Waals surface area contributed by atoms with E-state index >= 15 is 0 Å². The molecule has 282 valence electrons. The molecule has 6 heterocycles. The van der Waals surface area contributed by atoms with E-state index in [0.717, 1.165) is 55.5 Å². The van der Waals surface area contributed by atoms with E-state index in [9.17, 15) is 0 Å². The maximum Gasteiger partial charge on any atom is 0.227 e. The third-order valence-corrected chi connectivity index (χ3v) is 11.4. The van der Waals surface area contributed by atoms with Crippen molar-refractivity contribution in [1.82, 2.24) is 14.9 Å². The Labute approximate surface area is 324 Å². The van der Waals surface area contributed by atoms with Crippen molar-refractivity contribution >= 4 is 61.2 Å². The molecule has 0 amide bonds. The molecule has 55 heavy (non-hydrogen) atoms. The van der Waals surface area contributed by atoms with Crippen molar-refractivity contribution in [2.24, 2.45) is 0 Å². The standard InChI is InChI=1S/C29H33N3O.C18H19N3O/c1-17(2)22-9-8-10-23(18(3)4)27(22)32-16-15-31(21(32)7)26-19(5)11-13-24-25-14-12-20(6)30-29(25)33-28(24)26;1-11-5-7-14-15-8-6-12(2)19-18(15)22-17(14)16(11)21-10-9-20(4)13(21)3/h8-18,21H,1-7H3;5-10,13H,1-4H3/t21-;13-/m10/s1. The van der Waals surface area contributed by atoms with Gasteiger partial charge >= 0.3 is 0 Å². The molecular formula is C47H52N6O2. The summed E-state index contributed by atoms with van der Waals surface area (Å²) >= 11 is 0. The molecule has 0 bridgehead atoms. The van der Waals surface area contributed by atoms with E-state index in [4.69, 9.17) is 8.83 Å². The largest absolute Gasteiger partial charge is 0.435 e. The molecule has 0 aliphatic carbocycles. The van der Waals surface area contributed by atoms with Gasteiger partial charge in [-0.1, -0.05) is 70.2 Å². The Morgan fingerprint density at radius 1 is 0.509 bits per heavy atom. The predicted molar refractivity (Wildman–Crippen MR) is 229 cm³/mol. The lowest BCUT2D eigenvalue weighted by Gasteiger charge is -2.34. The molecule has 8 nitrogen and oxygen atoms in total. The van der Waals surface area contributed by atoms with Crippen LogP contribution in [0.4, 0.5) is 17.1 Å². The minimum Gasteiger partial charge on any atom is -0.435 e. The number of aryl methyl sites for hydroxylation is 4. The van der Waals surface area contributed by atoms with E-state index in [1.165, 1.54) is 27.9 Å².